The molecule has 0 amide bonds. The van der Waals surface area contributed by atoms with E-state index in [0.717, 1.165) is 6.07 Å². The smallest absolute Gasteiger partial charge is 0.534 e. The molecule has 0 unspecified atom stereocenters. The molecule has 0 saturated heterocycles. The van der Waals surface area contributed by atoms with Crippen molar-refractivity contribution >= 4 is 32.5 Å². The van der Waals surface area contributed by atoms with Gasteiger partial charge in [0, 0.05) is 11.8 Å². The van der Waals surface area contributed by atoms with Gasteiger partial charge in [-0.2, -0.15) is 21.6 Å². The van der Waals surface area contributed by atoms with Gasteiger partial charge in [0.15, 0.2) is 5.75 Å². The number of benzene rings is 1. The molecule has 0 aliphatic heterocycles. The minimum absolute atomic E-state index is 0.132. The summed E-state index contributed by atoms with van der Waals surface area (Å²) in [4.78, 5) is 11.5. The predicted octanol–water partition coefficient (Wildman–Crippen LogP) is 1.68. The lowest BCUT2D eigenvalue weighted by Crippen LogP contribution is -2.28. The van der Waals surface area contributed by atoms with Crippen LogP contribution in [-0.4, -0.2) is 24.3 Å². The summed E-state index contributed by atoms with van der Waals surface area (Å²) < 4.78 is 65.6. The number of alkyl halides is 3. The van der Waals surface area contributed by atoms with E-state index in [9.17, 15) is 31.5 Å². The molecule has 0 aliphatic rings. The molecule has 0 N–H and O–H groups in total. The summed E-state index contributed by atoms with van der Waals surface area (Å²) in [5, 5.41) is 11.2. The standard InChI is InChI=1S/C14H8F3NO5S/c15-14(16,17)24(21,22)23-10-6-3-5-8-11(10)12(13(19)20)9-4-1-2-7-18(8)9/h1-7H,(H,19,20)/p-1. The number of fused-ring (bicyclic) bond motifs is 3. The summed E-state index contributed by atoms with van der Waals surface area (Å²) >= 11 is 0. The van der Waals surface area contributed by atoms with Crippen LogP contribution in [0.2, 0.25) is 0 Å². The van der Waals surface area contributed by atoms with Gasteiger partial charge in [-0.25, -0.2) is 0 Å². The van der Waals surface area contributed by atoms with Crippen LogP contribution in [0.15, 0.2) is 42.6 Å². The second kappa shape index (κ2) is 5.13. The van der Waals surface area contributed by atoms with Gasteiger partial charge in [-0.05, 0) is 24.3 Å². The average Bonchev–Trinajstić information content (AvgIpc) is 2.81. The van der Waals surface area contributed by atoms with Crippen LogP contribution in [0, 0.1) is 0 Å². The highest BCUT2D eigenvalue weighted by Crippen LogP contribution is 2.36. The SMILES string of the molecule is O=C([O-])c1c2c(OS(=O)(=O)C(F)(F)F)cccc2n2ccccc12. The maximum atomic E-state index is 12.5. The van der Waals surface area contributed by atoms with Gasteiger partial charge in [0.2, 0.25) is 0 Å². The zero-order chi connectivity index (χ0) is 17.7. The van der Waals surface area contributed by atoms with Crippen molar-refractivity contribution in [1.82, 2.24) is 4.40 Å². The van der Waals surface area contributed by atoms with Crippen molar-refractivity contribution < 1.29 is 35.7 Å². The number of aromatic carboxylic acids is 1. The normalized spacial score (nSPS) is 12.6. The van der Waals surface area contributed by atoms with E-state index < -0.39 is 32.9 Å². The molecule has 24 heavy (non-hydrogen) atoms. The molecule has 6 nitrogen and oxygen atoms in total. The molecular formula is C14H7F3NO5S-. The van der Waals surface area contributed by atoms with E-state index in [4.69, 9.17) is 0 Å². The molecule has 1 aromatic carbocycles. The quantitative estimate of drug-likeness (QED) is 0.525. The van der Waals surface area contributed by atoms with Crippen LogP contribution in [0.1, 0.15) is 10.4 Å². The molecule has 2 aromatic heterocycles. The van der Waals surface area contributed by atoms with Gasteiger partial charge in [-0.3, -0.25) is 0 Å². The number of hydrogen-bond donors (Lipinski definition) is 0. The summed E-state index contributed by atoms with van der Waals surface area (Å²) in [5.41, 5.74) is -5.80. The fourth-order valence-electron chi connectivity index (χ4n) is 2.40. The molecule has 3 aromatic rings. The second-order valence-corrected chi connectivity index (χ2v) is 6.29. The lowest BCUT2D eigenvalue weighted by molar-refractivity contribution is -0.254. The van der Waals surface area contributed by atoms with E-state index in [-0.39, 0.29) is 16.4 Å². The van der Waals surface area contributed by atoms with Crippen LogP contribution < -0.4 is 9.29 Å². The number of carboxylic acid groups (broad SMARTS) is 1. The van der Waals surface area contributed by atoms with E-state index in [1.165, 1.54) is 34.9 Å². The Morgan fingerprint density at radius 1 is 1.08 bits per heavy atom. The van der Waals surface area contributed by atoms with Crippen molar-refractivity contribution in [2.75, 3.05) is 0 Å². The molecule has 0 radical (unpaired) electrons. The molecule has 10 heteroatoms. The molecule has 3 rings (SSSR count). The Morgan fingerprint density at radius 2 is 1.75 bits per heavy atom. The maximum absolute atomic E-state index is 12.5. The Bertz CT molecular complexity index is 1070. The first-order valence-electron chi connectivity index (χ1n) is 6.37. The number of halogens is 3. The predicted molar refractivity (Wildman–Crippen MR) is 74.8 cm³/mol. The summed E-state index contributed by atoms with van der Waals surface area (Å²) in [5.74, 6) is -2.41. The highest BCUT2D eigenvalue weighted by atomic mass is 32.2. The third-order valence-electron chi connectivity index (χ3n) is 3.32. The number of aromatic nitrogens is 1. The third kappa shape index (κ3) is 2.35. The van der Waals surface area contributed by atoms with Crippen molar-refractivity contribution in [2.45, 2.75) is 5.51 Å². The van der Waals surface area contributed by atoms with E-state index >= 15 is 0 Å². The fraction of sp³-hybridized carbons (Fsp3) is 0.0714. The number of nitrogens with zero attached hydrogens (tertiary/aromatic N) is 1. The highest BCUT2D eigenvalue weighted by Gasteiger charge is 2.48. The zero-order valence-corrected chi connectivity index (χ0v) is 12.4. The lowest BCUT2D eigenvalue weighted by atomic mass is 10.1. The Labute approximate surface area is 132 Å². The van der Waals surface area contributed by atoms with Gasteiger partial charge in [0.05, 0.1) is 22.4 Å². The van der Waals surface area contributed by atoms with Crippen LogP contribution in [-0.2, 0) is 10.1 Å². The van der Waals surface area contributed by atoms with Gasteiger partial charge in [0.1, 0.15) is 0 Å². The van der Waals surface area contributed by atoms with Crippen LogP contribution in [0.5, 0.6) is 5.75 Å². The van der Waals surface area contributed by atoms with E-state index in [1.54, 1.807) is 6.07 Å². The average molecular weight is 358 g/mol. The first kappa shape index (κ1) is 16.1. The Morgan fingerprint density at radius 3 is 2.38 bits per heavy atom. The molecule has 0 aliphatic carbocycles. The van der Waals surface area contributed by atoms with E-state index in [1.807, 2.05) is 0 Å². The van der Waals surface area contributed by atoms with Crippen LogP contribution >= 0.6 is 0 Å². The van der Waals surface area contributed by atoms with Crippen molar-refractivity contribution in [2.24, 2.45) is 0 Å². The fourth-order valence-corrected chi connectivity index (χ4v) is 2.87. The number of hydrogen-bond acceptors (Lipinski definition) is 5. The van der Waals surface area contributed by atoms with Gasteiger partial charge in [-0.1, -0.05) is 12.1 Å². The minimum Gasteiger partial charge on any atom is -0.545 e. The van der Waals surface area contributed by atoms with E-state index in [2.05, 4.69) is 4.18 Å². The molecule has 0 bridgehead atoms. The molecular weight excluding hydrogens is 351 g/mol. The zero-order valence-electron chi connectivity index (χ0n) is 11.6. The van der Waals surface area contributed by atoms with Gasteiger partial charge >= 0.3 is 15.6 Å². The Kier molecular flexibility index (Phi) is 3.44. The maximum Gasteiger partial charge on any atom is 0.534 e. The van der Waals surface area contributed by atoms with Crippen LogP contribution in [0.3, 0.4) is 0 Å². The molecule has 0 saturated carbocycles. The molecule has 126 valence electrons. The summed E-state index contributed by atoms with van der Waals surface area (Å²) in [6, 6.07) is 8.12. The van der Waals surface area contributed by atoms with E-state index in [0.29, 0.717) is 0 Å². The number of carbonyl (C=O) groups excluding carboxylic acids is 1. The molecule has 2 heterocycles. The molecule has 0 spiro atoms. The number of carboxylic acids is 1. The second-order valence-electron chi connectivity index (χ2n) is 4.75. The van der Waals surface area contributed by atoms with Crippen molar-refractivity contribution in [3.63, 3.8) is 0 Å². The van der Waals surface area contributed by atoms with Gasteiger partial charge in [-0.15, -0.1) is 0 Å². The monoisotopic (exact) mass is 358 g/mol. The molecule has 0 atom stereocenters. The Balaban J connectivity index is 2.37. The van der Waals surface area contributed by atoms with Crippen molar-refractivity contribution in [3.05, 3.63) is 48.2 Å². The van der Waals surface area contributed by atoms with Crippen LogP contribution in [0.4, 0.5) is 13.2 Å². The third-order valence-corrected chi connectivity index (χ3v) is 4.28. The summed E-state index contributed by atoms with van der Waals surface area (Å²) in [6.07, 6.45) is 1.48. The van der Waals surface area contributed by atoms with Crippen LogP contribution in [0.25, 0.3) is 16.4 Å². The largest absolute Gasteiger partial charge is 0.545 e. The highest BCUT2D eigenvalue weighted by molar-refractivity contribution is 7.88. The Hall–Kier alpha value is -2.75. The van der Waals surface area contributed by atoms with Gasteiger partial charge in [0.25, 0.3) is 0 Å². The number of carbonyl (C=O) groups is 1. The first-order valence-corrected chi connectivity index (χ1v) is 7.78. The number of rotatable bonds is 3. The summed E-state index contributed by atoms with van der Waals surface area (Å²) in [6.45, 7) is 0. The summed E-state index contributed by atoms with van der Waals surface area (Å²) in [7, 11) is -5.94. The number of pyridine rings is 1. The van der Waals surface area contributed by atoms with Gasteiger partial charge < -0.3 is 18.5 Å². The van der Waals surface area contributed by atoms with Crippen molar-refractivity contribution in [1.29, 1.82) is 0 Å². The lowest BCUT2D eigenvalue weighted by Gasteiger charge is -2.11. The molecule has 0 fully saturated rings. The first-order chi connectivity index (χ1) is 11.1. The minimum atomic E-state index is -5.94. The topological polar surface area (TPSA) is 87.9 Å². The van der Waals surface area contributed by atoms with Crippen molar-refractivity contribution in [3.8, 4) is 5.75 Å².